The third kappa shape index (κ3) is 3.91. The maximum atomic E-state index is 13.2. The van der Waals surface area contributed by atoms with E-state index in [1.165, 1.54) is 0 Å². The predicted octanol–water partition coefficient (Wildman–Crippen LogP) is 2.97. The van der Waals surface area contributed by atoms with Crippen LogP contribution in [0.5, 0.6) is 0 Å². The molecular formula is C24H22N2O3S. The number of benzene rings is 3. The van der Waals surface area contributed by atoms with Gasteiger partial charge in [-0.1, -0.05) is 66.7 Å². The molecule has 0 radical (unpaired) electrons. The zero-order chi connectivity index (χ0) is 21.1. The number of primary amides is 1. The van der Waals surface area contributed by atoms with Crippen molar-refractivity contribution in [2.75, 3.05) is 5.75 Å². The van der Waals surface area contributed by atoms with E-state index in [4.69, 9.17) is 5.73 Å². The predicted molar refractivity (Wildman–Crippen MR) is 117 cm³/mol. The highest BCUT2D eigenvalue weighted by Crippen LogP contribution is 2.44. The van der Waals surface area contributed by atoms with E-state index in [-0.39, 0.29) is 18.1 Å². The largest absolute Gasteiger partial charge is 0.368 e. The van der Waals surface area contributed by atoms with Gasteiger partial charge in [0.2, 0.25) is 11.8 Å². The molecule has 5 nitrogen and oxygen atoms in total. The lowest BCUT2D eigenvalue weighted by molar-refractivity contribution is -0.127. The van der Waals surface area contributed by atoms with Crippen molar-refractivity contribution in [3.05, 3.63) is 90.0 Å². The molecule has 0 spiro atoms. The molecule has 4 rings (SSSR count). The number of carbonyl (C=O) groups is 2. The number of nitrogens with two attached hydrogens (primary N) is 1. The normalized spacial score (nSPS) is 14.4. The molecule has 3 aromatic carbocycles. The Balaban J connectivity index is 1.51. The van der Waals surface area contributed by atoms with Crippen LogP contribution in [0, 0.1) is 0 Å². The van der Waals surface area contributed by atoms with Crippen LogP contribution in [0.15, 0.2) is 83.8 Å². The van der Waals surface area contributed by atoms with Gasteiger partial charge >= 0.3 is 0 Å². The average Bonchev–Trinajstić information content (AvgIpc) is 3.11. The first-order valence-corrected chi connectivity index (χ1v) is 11.1. The van der Waals surface area contributed by atoms with Gasteiger partial charge in [-0.15, -0.1) is 0 Å². The minimum absolute atomic E-state index is 0.207. The third-order valence-corrected chi connectivity index (χ3v) is 6.76. The Morgan fingerprint density at radius 2 is 1.40 bits per heavy atom. The van der Waals surface area contributed by atoms with Gasteiger partial charge in [-0.05, 0) is 40.8 Å². The van der Waals surface area contributed by atoms with E-state index < -0.39 is 28.7 Å². The van der Waals surface area contributed by atoms with Crippen LogP contribution in [-0.4, -0.2) is 27.8 Å². The zero-order valence-electron chi connectivity index (χ0n) is 16.3. The number of amides is 2. The summed E-state index contributed by atoms with van der Waals surface area (Å²) in [6.45, 7) is 0. The van der Waals surface area contributed by atoms with Crippen molar-refractivity contribution in [2.24, 2.45) is 5.73 Å². The first-order chi connectivity index (χ1) is 14.6. The molecule has 0 saturated heterocycles. The number of hydrogen-bond acceptors (Lipinski definition) is 3. The van der Waals surface area contributed by atoms with Gasteiger partial charge in [0.05, 0.1) is 16.7 Å². The summed E-state index contributed by atoms with van der Waals surface area (Å²) in [6.07, 6.45) is 0.207. The van der Waals surface area contributed by atoms with Crippen LogP contribution < -0.4 is 11.1 Å². The van der Waals surface area contributed by atoms with Crippen molar-refractivity contribution in [2.45, 2.75) is 23.3 Å². The third-order valence-electron chi connectivity index (χ3n) is 5.35. The fourth-order valence-corrected chi connectivity index (χ4v) is 5.04. The summed E-state index contributed by atoms with van der Waals surface area (Å²) in [4.78, 5) is 25.9. The fraction of sp³-hybridized carbons (Fsp3) is 0.167. The number of nitrogens with one attached hydrogen (secondary N) is 1. The summed E-state index contributed by atoms with van der Waals surface area (Å²) in [7, 11) is -1.27. The Hall–Kier alpha value is -3.25. The highest BCUT2D eigenvalue weighted by atomic mass is 32.2. The lowest BCUT2D eigenvalue weighted by atomic mass is 9.95. The van der Waals surface area contributed by atoms with Crippen LogP contribution in [0.3, 0.4) is 0 Å². The Morgan fingerprint density at radius 1 is 0.867 bits per heavy atom. The van der Waals surface area contributed by atoms with Crippen molar-refractivity contribution in [1.29, 1.82) is 0 Å². The van der Waals surface area contributed by atoms with Crippen molar-refractivity contribution >= 4 is 22.6 Å². The lowest BCUT2D eigenvalue weighted by Gasteiger charge is -2.19. The zero-order valence-corrected chi connectivity index (χ0v) is 17.1. The Morgan fingerprint density at radius 3 is 1.97 bits per heavy atom. The van der Waals surface area contributed by atoms with E-state index in [0.717, 1.165) is 22.3 Å². The summed E-state index contributed by atoms with van der Waals surface area (Å²) < 4.78 is 12.5. The minimum atomic E-state index is -1.27. The standard InChI is InChI=1S/C24H22N2O3S/c25-23(27)21(14-15-30(29)16-8-2-1-3-9-16)26-24(28)22-19-12-6-4-10-17(19)18-11-5-7-13-20(18)22/h1-13,21-22H,14-15H2,(H2,25,27)(H,26,28)/t21-,30+/m1/s1. The van der Waals surface area contributed by atoms with Crippen molar-refractivity contribution in [3.63, 3.8) is 0 Å². The molecular weight excluding hydrogens is 396 g/mol. The molecule has 0 saturated carbocycles. The van der Waals surface area contributed by atoms with Gasteiger partial charge in [0.15, 0.2) is 0 Å². The molecule has 152 valence electrons. The first kappa shape index (κ1) is 20.0. The van der Waals surface area contributed by atoms with Crippen molar-refractivity contribution in [3.8, 4) is 11.1 Å². The van der Waals surface area contributed by atoms with Gasteiger partial charge in [-0.3, -0.25) is 13.8 Å². The van der Waals surface area contributed by atoms with Crippen LogP contribution in [-0.2, 0) is 20.4 Å². The van der Waals surface area contributed by atoms with Crippen LogP contribution in [0.2, 0.25) is 0 Å². The van der Waals surface area contributed by atoms with Crippen molar-refractivity contribution < 1.29 is 13.8 Å². The second-order valence-corrected chi connectivity index (χ2v) is 8.79. The van der Waals surface area contributed by atoms with Gasteiger partial charge in [0, 0.05) is 10.6 Å². The molecule has 0 bridgehead atoms. The van der Waals surface area contributed by atoms with Gasteiger partial charge in [0.25, 0.3) is 0 Å². The molecule has 2 atom stereocenters. The average molecular weight is 419 g/mol. The van der Waals surface area contributed by atoms with E-state index in [1.807, 2.05) is 66.7 Å². The van der Waals surface area contributed by atoms with E-state index in [2.05, 4.69) is 5.32 Å². The maximum Gasteiger partial charge on any atom is 0.240 e. The van der Waals surface area contributed by atoms with E-state index in [9.17, 15) is 13.8 Å². The van der Waals surface area contributed by atoms with Crippen LogP contribution in [0.1, 0.15) is 23.5 Å². The highest BCUT2D eigenvalue weighted by molar-refractivity contribution is 7.85. The number of carbonyl (C=O) groups excluding carboxylic acids is 2. The Bertz CT molecular complexity index is 1070. The van der Waals surface area contributed by atoms with E-state index >= 15 is 0 Å². The van der Waals surface area contributed by atoms with Crippen LogP contribution in [0.4, 0.5) is 0 Å². The molecule has 2 amide bonds. The van der Waals surface area contributed by atoms with Crippen molar-refractivity contribution in [1.82, 2.24) is 5.32 Å². The number of rotatable bonds is 7. The first-order valence-electron chi connectivity index (χ1n) is 9.77. The second-order valence-electron chi connectivity index (χ2n) is 7.22. The summed E-state index contributed by atoms with van der Waals surface area (Å²) >= 11 is 0. The van der Waals surface area contributed by atoms with Gasteiger partial charge in [-0.25, -0.2) is 0 Å². The molecule has 0 aliphatic heterocycles. The van der Waals surface area contributed by atoms with E-state index in [1.54, 1.807) is 12.1 Å². The molecule has 1 aliphatic carbocycles. The van der Waals surface area contributed by atoms with Gasteiger partial charge in [-0.2, -0.15) is 0 Å². The molecule has 3 N–H and O–H groups in total. The summed E-state index contributed by atoms with van der Waals surface area (Å²) in [5, 5.41) is 2.80. The second kappa shape index (κ2) is 8.63. The van der Waals surface area contributed by atoms with Gasteiger partial charge < -0.3 is 11.1 Å². The fourth-order valence-electron chi connectivity index (χ4n) is 3.89. The summed E-state index contributed by atoms with van der Waals surface area (Å²) in [5.41, 5.74) is 9.41. The SMILES string of the molecule is NC(=O)[C@@H](CC[S@](=O)c1ccccc1)NC(=O)C1c2ccccc2-c2ccccc21. The lowest BCUT2D eigenvalue weighted by Crippen LogP contribution is -2.46. The molecule has 0 fully saturated rings. The highest BCUT2D eigenvalue weighted by Gasteiger charge is 2.34. The van der Waals surface area contributed by atoms with Crippen LogP contribution in [0.25, 0.3) is 11.1 Å². The molecule has 0 aromatic heterocycles. The monoisotopic (exact) mass is 418 g/mol. The molecule has 1 aliphatic rings. The number of hydrogen-bond donors (Lipinski definition) is 2. The molecule has 30 heavy (non-hydrogen) atoms. The minimum Gasteiger partial charge on any atom is -0.368 e. The van der Waals surface area contributed by atoms with Crippen LogP contribution >= 0.6 is 0 Å². The van der Waals surface area contributed by atoms with E-state index in [0.29, 0.717) is 4.90 Å². The maximum absolute atomic E-state index is 13.2. The summed E-state index contributed by atoms with van der Waals surface area (Å²) in [6, 6.07) is 23.7. The van der Waals surface area contributed by atoms with Gasteiger partial charge in [0.1, 0.15) is 6.04 Å². The molecule has 6 heteroatoms. The number of fused-ring (bicyclic) bond motifs is 3. The smallest absolute Gasteiger partial charge is 0.240 e. The topological polar surface area (TPSA) is 89.3 Å². The Kier molecular flexibility index (Phi) is 5.77. The quantitative estimate of drug-likeness (QED) is 0.618. The molecule has 3 aromatic rings. The Labute approximate surface area is 177 Å². The molecule has 0 unspecified atom stereocenters. The summed E-state index contributed by atoms with van der Waals surface area (Å²) in [5.74, 6) is -1.18. The molecule has 0 heterocycles.